The summed E-state index contributed by atoms with van der Waals surface area (Å²) in [5, 5.41) is 18.9. The van der Waals surface area contributed by atoms with Crippen LogP contribution in [0.15, 0.2) is 66.9 Å². The number of rotatable bonds is 5. The normalized spacial score (nSPS) is 11.4. The summed E-state index contributed by atoms with van der Waals surface area (Å²) in [5.41, 5.74) is 3.59. The summed E-state index contributed by atoms with van der Waals surface area (Å²) in [5.74, 6) is -0.366. The predicted octanol–water partition coefficient (Wildman–Crippen LogP) is 6.53. The number of H-pyrrole nitrogens is 1. The van der Waals surface area contributed by atoms with Gasteiger partial charge in [-0.25, -0.2) is 14.2 Å². The first-order chi connectivity index (χ1) is 15.9. The number of hydrogen-bond acceptors (Lipinski definition) is 4. The van der Waals surface area contributed by atoms with E-state index < -0.39 is 5.97 Å². The molecule has 33 heavy (non-hydrogen) atoms. The van der Waals surface area contributed by atoms with E-state index in [2.05, 4.69) is 10.2 Å². The Morgan fingerprint density at radius 1 is 1.03 bits per heavy atom. The number of nitrogens with one attached hydrogen (secondary N) is 1. The highest BCUT2D eigenvalue weighted by molar-refractivity contribution is 6.06. The van der Waals surface area contributed by atoms with Gasteiger partial charge in [-0.3, -0.25) is 5.10 Å². The summed E-state index contributed by atoms with van der Waals surface area (Å²) in [4.78, 5) is 16.0. The molecule has 0 bridgehead atoms. The third-order valence-corrected chi connectivity index (χ3v) is 5.55. The van der Waals surface area contributed by atoms with Gasteiger partial charge in [0.15, 0.2) is 0 Å². The summed E-state index contributed by atoms with van der Waals surface area (Å²) >= 11 is 0. The molecule has 5 aromatic rings. The summed E-state index contributed by atoms with van der Waals surface area (Å²) in [7, 11) is 0. The van der Waals surface area contributed by atoms with Crippen molar-refractivity contribution in [1.29, 1.82) is 0 Å². The van der Waals surface area contributed by atoms with Crippen LogP contribution in [0.25, 0.3) is 32.8 Å². The first-order valence-corrected chi connectivity index (χ1v) is 10.5. The molecule has 0 aliphatic heterocycles. The van der Waals surface area contributed by atoms with Crippen LogP contribution in [0.3, 0.4) is 0 Å². The van der Waals surface area contributed by atoms with E-state index in [1.165, 1.54) is 24.3 Å². The molecule has 0 spiro atoms. The third kappa shape index (κ3) is 3.78. The zero-order valence-corrected chi connectivity index (χ0v) is 18.0. The van der Waals surface area contributed by atoms with Crippen molar-refractivity contribution >= 4 is 27.6 Å². The van der Waals surface area contributed by atoms with Crippen molar-refractivity contribution in [2.24, 2.45) is 0 Å². The van der Waals surface area contributed by atoms with E-state index >= 15 is 0 Å². The van der Waals surface area contributed by atoms with Crippen LogP contribution in [0, 0.1) is 5.82 Å². The average Bonchev–Trinajstić information content (AvgIpc) is 3.26. The molecule has 7 heteroatoms. The van der Waals surface area contributed by atoms with Gasteiger partial charge in [-0.05, 0) is 65.4 Å². The second-order valence-electron chi connectivity index (χ2n) is 8.13. The summed E-state index contributed by atoms with van der Waals surface area (Å²) in [6.45, 7) is 4.09. The van der Waals surface area contributed by atoms with Crippen molar-refractivity contribution in [1.82, 2.24) is 15.2 Å². The van der Waals surface area contributed by atoms with Crippen LogP contribution in [0.1, 0.15) is 35.8 Å². The number of hydrogen-bond donors (Lipinski definition) is 2. The number of fused-ring (bicyclic) bond motifs is 2. The lowest BCUT2D eigenvalue weighted by atomic mass is 9.92. The smallest absolute Gasteiger partial charge is 0.335 e. The lowest BCUT2D eigenvalue weighted by Gasteiger charge is -2.18. The first kappa shape index (κ1) is 20.6. The molecule has 3 aromatic carbocycles. The molecule has 0 aliphatic rings. The van der Waals surface area contributed by atoms with E-state index in [1.807, 2.05) is 26.0 Å². The van der Waals surface area contributed by atoms with Gasteiger partial charge in [0.1, 0.15) is 11.6 Å². The maximum Gasteiger partial charge on any atom is 0.335 e. The monoisotopic (exact) mass is 441 g/mol. The van der Waals surface area contributed by atoms with E-state index in [0.29, 0.717) is 11.6 Å². The van der Waals surface area contributed by atoms with Gasteiger partial charge >= 0.3 is 5.97 Å². The van der Waals surface area contributed by atoms with Crippen LogP contribution in [-0.2, 0) is 0 Å². The number of aromatic amines is 1. The Morgan fingerprint density at radius 3 is 2.42 bits per heavy atom. The van der Waals surface area contributed by atoms with E-state index in [-0.39, 0.29) is 17.3 Å². The maximum absolute atomic E-state index is 13.6. The molecule has 5 rings (SSSR count). The molecule has 2 N–H and O–H groups in total. The Morgan fingerprint density at radius 2 is 1.76 bits per heavy atom. The minimum Gasteiger partial charge on any atom is -0.478 e. The molecule has 0 aliphatic carbocycles. The fourth-order valence-electron chi connectivity index (χ4n) is 3.93. The number of ether oxygens (including phenoxy) is 1. The minimum absolute atomic E-state index is 0.0613. The highest BCUT2D eigenvalue weighted by Gasteiger charge is 2.20. The van der Waals surface area contributed by atoms with Gasteiger partial charge in [-0.1, -0.05) is 26.0 Å². The van der Waals surface area contributed by atoms with Crippen LogP contribution >= 0.6 is 0 Å². The van der Waals surface area contributed by atoms with Crippen molar-refractivity contribution in [3.8, 4) is 22.8 Å². The highest BCUT2D eigenvalue weighted by Crippen LogP contribution is 2.41. The number of pyridine rings is 1. The lowest BCUT2D eigenvalue weighted by Crippen LogP contribution is -2.02. The number of carbonyl (C=O) groups is 1. The number of carboxylic acids is 1. The molecule has 0 saturated carbocycles. The van der Waals surface area contributed by atoms with Crippen molar-refractivity contribution in [3.05, 3.63) is 83.9 Å². The molecule has 0 fully saturated rings. The minimum atomic E-state index is -1.00. The third-order valence-electron chi connectivity index (χ3n) is 5.55. The molecule has 0 unspecified atom stereocenters. The quantitative estimate of drug-likeness (QED) is 0.324. The summed E-state index contributed by atoms with van der Waals surface area (Å²) in [6.07, 6.45) is 1.75. The number of carboxylic acid groups (broad SMARTS) is 1. The zero-order valence-electron chi connectivity index (χ0n) is 18.0. The van der Waals surface area contributed by atoms with Crippen LogP contribution in [0.2, 0.25) is 0 Å². The van der Waals surface area contributed by atoms with Crippen LogP contribution in [-0.4, -0.2) is 26.3 Å². The van der Waals surface area contributed by atoms with E-state index in [1.54, 1.807) is 30.5 Å². The van der Waals surface area contributed by atoms with Crippen molar-refractivity contribution in [3.63, 3.8) is 0 Å². The fraction of sp³-hybridized carbons (Fsp3) is 0.115. The molecule has 0 amide bonds. The van der Waals surface area contributed by atoms with Gasteiger partial charge < -0.3 is 9.84 Å². The van der Waals surface area contributed by atoms with Crippen LogP contribution in [0.5, 0.6) is 11.6 Å². The Balaban J connectivity index is 1.76. The Hall–Kier alpha value is -4.26. The highest BCUT2D eigenvalue weighted by atomic mass is 19.1. The Kier molecular flexibility index (Phi) is 5.01. The second kappa shape index (κ2) is 8.02. The van der Waals surface area contributed by atoms with Gasteiger partial charge in [0.25, 0.3) is 0 Å². The molecule has 6 nitrogen and oxygen atoms in total. The summed E-state index contributed by atoms with van der Waals surface area (Å²) < 4.78 is 19.8. The predicted molar refractivity (Wildman–Crippen MR) is 124 cm³/mol. The number of aromatic nitrogens is 3. The molecular formula is C26H20FN3O3. The molecule has 0 atom stereocenters. The van der Waals surface area contributed by atoms with Gasteiger partial charge in [0.2, 0.25) is 5.88 Å². The molecular weight excluding hydrogens is 421 g/mol. The van der Waals surface area contributed by atoms with E-state index in [9.17, 15) is 9.18 Å². The van der Waals surface area contributed by atoms with Crippen molar-refractivity contribution in [2.45, 2.75) is 19.8 Å². The molecule has 0 saturated heterocycles. The summed E-state index contributed by atoms with van der Waals surface area (Å²) in [6, 6.07) is 16.5. The topological polar surface area (TPSA) is 88.1 Å². The number of halogens is 1. The number of aromatic carboxylic acids is 1. The average molecular weight is 441 g/mol. The molecule has 0 radical (unpaired) electrons. The SMILES string of the molecule is CC(C)c1nc(Oc2ccc(C(=O)O)cc2)c2cc3[nH]ncc3cc2c1-c1ccc(F)cc1. The van der Waals surface area contributed by atoms with Gasteiger partial charge in [-0.2, -0.15) is 5.10 Å². The van der Waals surface area contributed by atoms with E-state index in [4.69, 9.17) is 14.8 Å². The Labute approximate surface area is 188 Å². The van der Waals surface area contributed by atoms with Gasteiger partial charge in [0.05, 0.1) is 23.0 Å². The van der Waals surface area contributed by atoms with Gasteiger partial charge in [0, 0.05) is 16.3 Å². The van der Waals surface area contributed by atoms with Crippen LogP contribution in [0.4, 0.5) is 4.39 Å². The van der Waals surface area contributed by atoms with Gasteiger partial charge in [-0.15, -0.1) is 0 Å². The zero-order chi connectivity index (χ0) is 23.1. The first-order valence-electron chi connectivity index (χ1n) is 10.5. The lowest BCUT2D eigenvalue weighted by molar-refractivity contribution is 0.0697. The van der Waals surface area contributed by atoms with Crippen molar-refractivity contribution < 1.29 is 19.0 Å². The van der Waals surface area contributed by atoms with E-state index in [0.717, 1.165) is 38.5 Å². The number of nitrogens with zero attached hydrogens (tertiary/aromatic N) is 2. The molecule has 164 valence electrons. The fourth-order valence-corrected chi connectivity index (χ4v) is 3.93. The second-order valence-corrected chi connectivity index (χ2v) is 8.13. The number of benzene rings is 3. The van der Waals surface area contributed by atoms with Crippen LogP contribution < -0.4 is 4.74 Å². The molecule has 2 aromatic heterocycles. The Bertz CT molecular complexity index is 1490. The maximum atomic E-state index is 13.6. The molecule has 2 heterocycles. The standard InChI is InChI=1S/C26H20FN3O3/c1-14(2)24-23(15-3-7-18(27)8-4-15)20-11-17-13-28-30-22(17)12-21(20)25(29-24)33-19-9-5-16(6-10-19)26(31)32/h3-14H,1-2H3,(H,28,30)(H,31,32). The largest absolute Gasteiger partial charge is 0.478 e. The van der Waals surface area contributed by atoms with Crippen molar-refractivity contribution in [2.75, 3.05) is 0 Å².